The molecule has 0 fully saturated rings. The van der Waals surface area contributed by atoms with Crippen molar-refractivity contribution in [3.8, 4) is 10.6 Å². The Kier molecular flexibility index (Phi) is 3.29. The molecule has 19 heavy (non-hydrogen) atoms. The van der Waals surface area contributed by atoms with Crippen LogP contribution in [-0.2, 0) is 6.54 Å². The topological polar surface area (TPSA) is 51.0 Å². The Balaban J connectivity index is 1.70. The van der Waals surface area contributed by atoms with Crippen LogP contribution in [0.1, 0.15) is 10.6 Å². The molecule has 0 radical (unpaired) electrons. The largest absolute Gasteiger partial charge is 0.376 e. The van der Waals surface area contributed by atoms with Crippen molar-refractivity contribution in [3.63, 3.8) is 0 Å². The molecule has 0 aliphatic heterocycles. The molecule has 0 saturated heterocycles. The Labute approximate surface area is 115 Å². The maximum Gasteiger partial charge on any atom is 0.147 e. The molecule has 96 valence electrons. The molecule has 3 aromatic rings. The van der Waals surface area contributed by atoms with E-state index < -0.39 is 0 Å². The first-order valence-corrected chi connectivity index (χ1v) is 6.79. The van der Waals surface area contributed by atoms with Gasteiger partial charge in [-0.05, 0) is 6.92 Å². The number of hydrogen-bond acceptors (Lipinski definition) is 5. The number of nitrogens with one attached hydrogen (secondary N) is 1. The molecule has 4 nitrogen and oxygen atoms in total. The standard InChI is InChI=1S/C14H13N3OS/c1-10-13(9-18-17-10)15-7-12-8-16-14(19-12)11-5-3-2-4-6-11/h2-6,8-9,15H,7H2,1H3. The van der Waals surface area contributed by atoms with E-state index in [9.17, 15) is 0 Å². The summed E-state index contributed by atoms with van der Waals surface area (Å²) in [7, 11) is 0. The zero-order chi connectivity index (χ0) is 13.1. The molecule has 2 heterocycles. The van der Waals surface area contributed by atoms with Gasteiger partial charge < -0.3 is 9.84 Å². The van der Waals surface area contributed by atoms with Crippen LogP contribution in [0.2, 0.25) is 0 Å². The highest BCUT2D eigenvalue weighted by molar-refractivity contribution is 7.15. The van der Waals surface area contributed by atoms with Crippen LogP contribution in [0.25, 0.3) is 10.6 Å². The highest BCUT2D eigenvalue weighted by atomic mass is 32.1. The van der Waals surface area contributed by atoms with E-state index in [0.717, 1.165) is 28.5 Å². The molecular weight excluding hydrogens is 258 g/mol. The van der Waals surface area contributed by atoms with Crippen LogP contribution >= 0.6 is 11.3 Å². The van der Waals surface area contributed by atoms with E-state index in [2.05, 4.69) is 27.6 Å². The number of aryl methyl sites for hydroxylation is 1. The Morgan fingerprint density at radius 3 is 2.84 bits per heavy atom. The fourth-order valence-corrected chi connectivity index (χ4v) is 2.61. The van der Waals surface area contributed by atoms with Crippen LogP contribution in [0.15, 0.2) is 47.3 Å². The SMILES string of the molecule is Cc1nocc1NCc1cnc(-c2ccccc2)s1. The summed E-state index contributed by atoms with van der Waals surface area (Å²) < 4.78 is 4.88. The van der Waals surface area contributed by atoms with E-state index in [1.54, 1.807) is 17.6 Å². The van der Waals surface area contributed by atoms with E-state index >= 15 is 0 Å². The molecule has 0 aliphatic carbocycles. The zero-order valence-electron chi connectivity index (χ0n) is 10.5. The van der Waals surface area contributed by atoms with Gasteiger partial charge in [-0.3, -0.25) is 0 Å². The van der Waals surface area contributed by atoms with Crippen LogP contribution < -0.4 is 5.32 Å². The van der Waals surface area contributed by atoms with Gasteiger partial charge in [0.05, 0.1) is 12.2 Å². The monoisotopic (exact) mass is 271 g/mol. The highest BCUT2D eigenvalue weighted by Gasteiger charge is 2.06. The number of aromatic nitrogens is 2. The number of thiazole rings is 1. The van der Waals surface area contributed by atoms with Crippen molar-refractivity contribution in [1.29, 1.82) is 0 Å². The van der Waals surface area contributed by atoms with Gasteiger partial charge in [0.1, 0.15) is 17.0 Å². The minimum absolute atomic E-state index is 0.729. The Bertz CT molecular complexity index is 660. The van der Waals surface area contributed by atoms with E-state index in [-0.39, 0.29) is 0 Å². The average Bonchev–Trinajstić information content (AvgIpc) is 3.06. The summed E-state index contributed by atoms with van der Waals surface area (Å²) in [6, 6.07) is 10.2. The van der Waals surface area contributed by atoms with E-state index in [1.165, 1.54) is 4.88 Å². The van der Waals surface area contributed by atoms with Crippen LogP contribution in [0.5, 0.6) is 0 Å². The lowest BCUT2D eigenvalue weighted by atomic mass is 10.2. The van der Waals surface area contributed by atoms with Gasteiger partial charge in [0.2, 0.25) is 0 Å². The van der Waals surface area contributed by atoms with Gasteiger partial charge >= 0.3 is 0 Å². The smallest absolute Gasteiger partial charge is 0.147 e. The lowest BCUT2D eigenvalue weighted by Crippen LogP contribution is -1.97. The molecule has 0 aliphatic rings. The van der Waals surface area contributed by atoms with Crippen molar-refractivity contribution in [2.24, 2.45) is 0 Å². The van der Waals surface area contributed by atoms with Gasteiger partial charge in [-0.25, -0.2) is 4.98 Å². The Morgan fingerprint density at radius 2 is 2.11 bits per heavy atom. The van der Waals surface area contributed by atoms with Gasteiger partial charge in [-0.15, -0.1) is 11.3 Å². The first-order chi connectivity index (χ1) is 9.33. The number of benzene rings is 1. The molecular formula is C14H13N3OS. The molecule has 0 unspecified atom stereocenters. The lowest BCUT2D eigenvalue weighted by Gasteiger charge is -2.00. The van der Waals surface area contributed by atoms with Crippen molar-refractivity contribution in [2.75, 3.05) is 5.32 Å². The summed E-state index contributed by atoms with van der Waals surface area (Å²) >= 11 is 1.69. The molecule has 3 rings (SSSR count). The Morgan fingerprint density at radius 1 is 1.26 bits per heavy atom. The summed E-state index contributed by atoms with van der Waals surface area (Å²) in [6.07, 6.45) is 3.53. The van der Waals surface area contributed by atoms with Gasteiger partial charge in [-0.1, -0.05) is 35.5 Å². The summed E-state index contributed by atoms with van der Waals surface area (Å²) in [6.45, 7) is 2.64. The fourth-order valence-electron chi connectivity index (χ4n) is 1.75. The summed E-state index contributed by atoms with van der Waals surface area (Å²) in [5.41, 5.74) is 2.95. The molecule has 1 aromatic carbocycles. The quantitative estimate of drug-likeness (QED) is 0.785. The van der Waals surface area contributed by atoms with Crippen molar-refractivity contribution in [2.45, 2.75) is 13.5 Å². The molecule has 2 aromatic heterocycles. The van der Waals surface area contributed by atoms with Gasteiger partial charge in [0.25, 0.3) is 0 Å². The van der Waals surface area contributed by atoms with Gasteiger partial charge in [-0.2, -0.15) is 0 Å². The zero-order valence-corrected chi connectivity index (χ0v) is 11.3. The molecule has 0 amide bonds. The predicted molar refractivity (Wildman–Crippen MR) is 76.1 cm³/mol. The summed E-state index contributed by atoms with van der Waals surface area (Å²) in [4.78, 5) is 5.63. The first kappa shape index (κ1) is 11.9. The third-order valence-corrected chi connectivity index (χ3v) is 3.82. The molecule has 0 spiro atoms. The normalized spacial score (nSPS) is 10.6. The first-order valence-electron chi connectivity index (χ1n) is 5.98. The summed E-state index contributed by atoms with van der Waals surface area (Å²) in [5, 5.41) is 8.16. The van der Waals surface area contributed by atoms with Gasteiger partial charge in [0, 0.05) is 16.6 Å². The van der Waals surface area contributed by atoms with Crippen LogP contribution in [-0.4, -0.2) is 10.1 Å². The summed E-state index contributed by atoms with van der Waals surface area (Å²) in [5.74, 6) is 0. The number of nitrogens with zero attached hydrogens (tertiary/aromatic N) is 2. The molecule has 0 bridgehead atoms. The number of rotatable bonds is 4. The van der Waals surface area contributed by atoms with E-state index in [1.807, 2.05) is 31.3 Å². The third kappa shape index (κ3) is 2.66. The van der Waals surface area contributed by atoms with Gasteiger partial charge in [0.15, 0.2) is 0 Å². The van der Waals surface area contributed by atoms with Crippen LogP contribution in [0.4, 0.5) is 5.69 Å². The minimum Gasteiger partial charge on any atom is -0.376 e. The van der Waals surface area contributed by atoms with Crippen molar-refractivity contribution >= 4 is 17.0 Å². The molecule has 0 saturated carbocycles. The molecule has 5 heteroatoms. The van der Waals surface area contributed by atoms with Crippen molar-refractivity contribution in [3.05, 3.63) is 53.4 Å². The van der Waals surface area contributed by atoms with Crippen molar-refractivity contribution in [1.82, 2.24) is 10.1 Å². The second kappa shape index (κ2) is 5.24. The second-order valence-electron chi connectivity index (χ2n) is 4.16. The lowest BCUT2D eigenvalue weighted by molar-refractivity contribution is 0.415. The van der Waals surface area contributed by atoms with E-state index in [0.29, 0.717) is 0 Å². The fraction of sp³-hybridized carbons (Fsp3) is 0.143. The van der Waals surface area contributed by atoms with E-state index in [4.69, 9.17) is 4.52 Å². The number of anilines is 1. The third-order valence-electron chi connectivity index (χ3n) is 2.78. The van der Waals surface area contributed by atoms with Crippen LogP contribution in [0, 0.1) is 6.92 Å². The second-order valence-corrected chi connectivity index (χ2v) is 5.28. The highest BCUT2D eigenvalue weighted by Crippen LogP contribution is 2.25. The maximum atomic E-state index is 4.88. The maximum absolute atomic E-state index is 4.88. The Hall–Kier alpha value is -2.14. The molecule has 1 N–H and O–H groups in total. The minimum atomic E-state index is 0.729. The molecule has 0 atom stereocenters. The average molecular weight is 271 g/mol. The van der Waals surface area contributed by atoms with Crippen LogP contribution in [0.3, 0.4) is 0 Å². The number of hydrogen-bond donors (Lipinski definition) is 1. The van der Waals surface area contributed by atoms with Crippen molar-refractivity contribution < 1.29 is 4.52 Å². The predicted octanol–water partition coefficient (Wildman–Crippen LogP) is 3.72.